The molecule has 3 aromatic carbocycles. The predicted octanol–water partition coefficient (Wildman–Crippen LogP) is 6.23. The molecule has 4 rings (SSSR count). The molecular formula is C25H22ClN3O2S. The fourth-order valence-electron chi connectivity index (χ4n) is 3.27. The third-order valence-corrected chi connectivity index (χ3v) is 5.86. The quantitative estimate of drug-likeness (QED) is 0.340. The van der Waals surface area contributed by atoms with Crippen LogP contribution in [0.3, 0.4) is 0 Å². The Labute approximate surface area is 195 Å². The van der Waals surface area contributed by atoms with Crippen LogP contribution in [-0.4, -0.2) is 17.5 Å². The number of carbonyl (C=O) groups is 1. The number of nitrogens with one attached hydrogen (secondary N) is 1. The van der Waals surface area contributed by atoms with Crippen molar-refractivity contribution < 1.29 is 9.53 Å². The minimum atomic E-state index is -0.173. The van der Waals surface area contributed by atoms with Gasteiger partial charge in [-0.05, 0) is 60.5 Å². The minimum absolute atomic E-state index is 0.173. The first-order valence-corrected chi connectivity index (χ1v) is 11.3. The number of nitrogens with zero attached hydrogens (tertiary/aromatic N) is 1. The molecule has 1 heterocycles. The lowest BCUT2D eigenvalue weighted by Gasteiger charge is -2.12. The maximum absolute atomic E-state index is 13.1. The van der Waals surface area contributed by atoms with E-state index in [1.165, 1.54) is 11.3 Å². The molecule has 1 amide bonds. The minimum Gasteiger partial charge on any atom is -0.493 e. The van der Waals surface area contributed by atoms with Gasteiger partial charge in [0.15, 0.2) is 5.13 Å². The van der Waals surface area contributed by atoms with E-state index in [2.05, 4.69) is 10.3 Å². The van der Waals surface area contributed by atoms with Gasteiger partial charge in [-0.3, -0.25) is 4.79 Å². The summed E-state index contributed by atoms with van der Waals surface area (Å²) in [7, 11) is 0. The van der Waals surface area contributed by atoms with Gasteiger partial charge in [0.25, 0.3) is 5.91 Å². The van der Waals surface area contributed by atoms with Gasteiger partial charge in [-0.2, -0.15) is 0 Å². The van der Waals surface area contributed by atoms with Gasteiger partial charge in [-0.25, -0.2) is 4.98 Å². The first kappa shape index (κ1) is 21.9. The second-order valence-corrected chi connectivity index (χ2v) is 8.64. The first-order chi connectivity index (χ1) is 15.5. The molecule has 0 bridgehead atoms. The van der Waals surface area contributed by atoms with Gasteiger partial charge in [-0.1, -0.05) is 41.4 Å². The van der Waals surface area contributed by atoms with E-state index in [0.29, 0.717) is 34.4 Å². The van der Waals surface area contributed by atoms with Crippen LogP contribution in [0.1, 0.15) is 21.6 Å². The second-order valence-electron chi connectivity index (χ2n) is 7.31. The van der Waals surface area contributed by atoms with E-state index in [4.69, 9.17) is 22.1 Å². The molecule has 0 aliphatic heterocycles. The highest BCUT2D eigenvalue weighted by molar-refractivity contribution is 7.13. The van der Waals surface area contributed by atoms with Crippen molar-refractivity contribution in [1.29, 1.82) is 0 Å². The van der Waals surface area contributed by atoms with Crippen LogP contribution in [0, 0.1) is 6.92 Å². The number of halogens is 1. The molecule has 1 aromatic heterocycles. The van der Waals surface area contributed by atoms with Crippen molar-refractivity contribution in [3.05, 3.63) is 94.0 Å². The van der Waals surface area contributed by atoms with Crippen LogP contribution in [-0.2, 0) is 6.42 Å². The lowest BCUT2D eigenvalue weighted by atomic mass is 9.97. The first-order valence-electron chi connectivity index (χ1n) is 10.1. The number of ether oxygens (including phenoxy) is 1. The van der Waals surface area contributed by atoms with Gasteiger partial charge in [0.05, 0.1) is 12.3 Å². The van der Waals surface area contributed by atoms with Crippen LogP contribution >= 0.6 is 22.9 Å². The van der Waals surface area contributed by atoms with Gasteiger partial charge in [0.1, 0.15) is 5.75 Å². The Balaban J connectivity index is 1.42. The van der Waals surface area contributed by atoms with Crippen molar-refractivity contribution in [2.45, 2.75) is 13.3 Å². The number of aromatic nitrogens is 1. The summed E-state index contributed by atoms with van der Waals surface area (Å²) in [5.41, 5.74) is 10.7. The lowest BCUT2D eigenvalue weighted by molar-refractivity contribution is 0.102. The van der Waals surface area contributed by atoms with Crippen molar-refractivity contribution in [3.63, 3.8) is 0 Å². The maximum Gasteiger partial charge on any atom is 0.256 e. The van der Waals surface area contributed by atoms with Gasteiger partial charge >= 0.3 is 0 Å². The zero-order valence-electron chi connectivity index (χ0n) is 17.5. The summed E-state index contributed by atoms with van der Waals surface area (Å²) in [6.07, 6.45) is 0.688. The maximum atomic E-state index is 13.1. The highest BCUT2D eigenvalue weighted by Gasteiger charge is 2.14. The van der Waals surface area contributed by atoms with Crippen LogP contribution < -0.4 is 15.8 Å². The number of anilines is 2. The average molecular weight is 464 g/mol. The molecule has 0 unspecified atom stereocenters. The van der Waals surface area contributed by atoms with Crippen molar-refractivity contribution in [2.75, 3.05) is 17.7 Å². The standard InChI is InChI=1S/C25H22ClN3O2S/c1-16-2-11-22(17-3-5-18(26)6-4-17)23(14-16)24(30)28-19-7-9-21(10-8-19)31-13-12-20-15-32-25(27)29-20/h2-11,14-15H,12-13H2,1H3,(H2,27,29)(H,28,30). The Bertz CT molecular complexity index is 1220. The van der Waals surface area contributed by atoms with E-state index in [0.717, 1.165) is 28.1 Å². The SMILES string of the molecule is Cc1ccc(-c2ccc(Cl)cc2)c(C(=O)Nc2ccc(OCCc3csc(N)n3)cc2)c1. The van der Waals surface area contributed by atoms with Crippen molar-refractivity contribution in [2.24, 2.45) is 0 Å². The van der Waals surface area contributed by atoms with Crippen LogP contribution in [0.25, 0.3) is 11.1 Å². The number of thiazole rings is 1. The molecule has 162 valence electrons. The van der Waals surface area contributed by atoms with Gasteiger partial charge in [0, 0.05) is 28.1 Å². The molecular weight excluding hydrogens is 442 g/mol. The normalized spacial score (nSPS) is 10.7. The Morgan fingerprint density at radius 3 is 2.53 bits per heavy atom. The van der Waals surface area contributed by atoms with Crippen LogP contribution in [0.15, 0.2) is 72.1 Å². The summed E-state index contributed by atoms with van der Waals surface area (Å²) in [6.45, 7) is 2.47. The van der Waals surface area contributed by atoms with Crippen molar-refractivity contribution >= 4 is 39.7 Å². The van der Waals surface area contributed by atoms with Crippen LogP contribution in [0.5, 0.6) is 5.75 Å². The molecule has 0 saturated carbocycles. The number of benzene rings is 3. The third-order valence-electron chi connectivity index (χ3n) is 4.88. The highest BCUT2D eigenvalue weighted by Crippen LogP contribution is 2.27. The molecule has 5 nitrogen and oxygen atoms in total. The fourth-order valence-corrected chi connectivity index (χ4v) is 3.99. The molecule has 32 heavy (non-hydrogen) atoms. The van der Waals surface area contributed by atoms with E-state index >= 15 is 0 Å². The molecule has 3 N–H and O–H groups in total. The Hall–Kier alpha value is -3.35. The summed E-state index contributed by atoms with van der Waals surface area (Å²) in [4.78, 5) is 17.3. The van der Waals surface area contributed by atoms with E-state index in [1.54, 1.807) is 0 Å². The summed E-state index contributed by atoms with van der Waals surface area (Å²) < 4.78 is 5.77. The third kappa shape index (κ3) is 5.46. The smallest absolute Gasteiger partial charge is 0.256 e. The molecule has 0 radical (unpaired) electrons. The summed E-state index contributed by atoms with van der Waals surface area (Å²) in [6, 6.07) is 20.6. The van der Waals surface area contributed by atoms with Gasteiger partial charge in [-0.15, -0.1) is 11.3 Å². The zero-order valence-corrected chi connectivity index (χ0v) is 19.0. The topological polar surface area (TPSA) is 77.2 Å². The van der Waals surface area contributed by atoms with E-state index in [1.807, 2.05) is 79.0 Å². The van der Waals surface area contributed by atoms with Gasteiger partial charge in [0.2, 0.25) is 0 Å². The molecule has 4 aromatic rings. The monoisotopic (exact) mass is 463 g/mol. The van der Waals surface area contributed by atoms with E-state index in [9.17, 15) is 4.79 Å². The molecule has 0 aliphatic rings. The highest BCUT2D eigenvalue weighted by atomic mass is 35.5. The average Bonchev–Trinajstić information content (AvgIpc) is 3.20. The fraction of sp³-hybridized carbons (Fsp3) is 0.120. The second kappa shape index (κ2) is 9.85. The Morgan fingerprint density at radius 2 is 1.84 bits per heavy atom. The zero-order chi connectivity index (χ0) is 22.5. The number of nitrogen functional groups attached to an aromatic ring is 1. The van der Waals surface area contributed by atoms with Crippen molar-refractivity contribution in [3.8, 4) is 16.9 Å². The van der Waals surface area contributed by atoms with E-state index in [-0.39, 0.29) is 5.91 Å². The summed E-state index contributed by atoms with van der Waals surface area (Å²) in [5.74, 6) is 0.553. The summed E-state index contributed by atoms with van der Waals surface area (Å²) in [5, 5.41) is 6.13. The van der Waals surface area contributed by atoms with E-state index < -0.39 is 0 Å². The number of hydrogen-bond acceptors (Lipinski definition) is 5. The molecule has 0 atom stereocenters. The number of amides is 1. The van der Waals surface area contributed by atoms with Crippen molar-refractivity contribution in [1.82, 2.24) is 4.98 Å². The number of aryl methyl sites for hydroxylation is 1. The van der Waals surface area contributed by atoms with Gasteiger partial charge < -0.3 is 15.8 Å². The molecule has 7 heteroatoms. The predicted molar refractivity (Wildman–Crippen MR) is 132 cm³/mol. The molecule has 0 aliphatic carbocycles. The Morgan fingerprint density at radius 1 is 1.09 bits per heavy atom. The molecule has 0 saturated heterocycles. The van der Waals surface area contributed by atoms with Crippen LogP contribution in [0.2, 0.25) is 5.02 Å². The van der Waals surface area contributed by atoms with Crippen LogP contribution in [0.4, 0.5) is 10.8 Å². The lowest BCUT2D eigenvalue weighted by Crippen LogP contribution is -2.13. The number of carbonyl (C=O) groups excluding carboxylic acids is 1. The molecule has 0 spiro atoms. The number of nitrogens with two attached hydrogens (primary N) is 1. The summed E-state index contributed by atoms with van der Waals surface area (Å²) >= 11 is 7.44. The largest absolute Gasteiger partial charge is 0.493 e. The number of hydrogen-bond donors (Lipinski definition) is 2. The molecule has 0 fully saturated rings. The number of rotatable bonds is 7. The Kier molecular flexibility index (Phi) is 6.73.